The molecule has 0 aromatic carbocycles. The molecule has 2 nitrogen and oxygen atoms in total. The van der Waals surface area contributed by atoms with Crippen molar-refractivity contribution in [1.29, 1.82) is 0 Å². The summed E-state index contributed by atoms with van der Waals surface area (Å²) in [6.07, 6.45) is 9.68. The van der Waals surface area contributed by atoms with E-state index in [9.17, 15) is 0 Å². The maximum Gasteiger partial charge on any atom is 0.0708 e. The molecule has 1 N–H and O–H groups in total. The smallest absolute Gasteiger partial charge is 0.0708 e. The summed E-state index contributed by atoms with van der Waals surface area (Å²) in [7, 11) is 0. The lowest BCUT2D eigenvalue weighted by Gasteiger charge is -2.25. The van der Waals surface area contributed by atoms with E-state index in [-0.39, 0.29) is 0 Å². The van der Waals surface area contributed by atoms with Gasteiger partial charge in [0.05, 0.1) is 11.7 Å². The van der Waals surface area contributed by atoms with Crippen LogP contribution in [0.4, 0.5) is 0 Å². The Morgan fingerprint density at radius 3 is 2.53 bits per heavy atom. The van der Waals surface area contributed by atoms with Crippen LogP contribution in [0, 0.1) is 5.92 Å². The van der Waals surface area contributed by atoms with E-state index < -0.39 is 0 Å². The minimum Gasteiger partial charge on any atom is -0.370 e. The molecule has 2 fully saturated rings. The van der Waals surface area contributed by atoms with E-state index in [0.717, 1.165) is 12.5 Å². The Morgan fingerprint density at radius 2 is 1.88 bits per heavy atom. The van der Waals surface area contributed by atoms with Crippen LogP contribution < -0.4 is 5.32 Å². The number of hydrogen-bond acceptors (Lipinski definition) is 2. The first-order valence-electron chi connectivity index (χ1n) is 7.51. The number of rotatable bonds is 5. The van der Waals surface area contributed by atoms with E-state index in [1.54, 1.807) is 0 Å². The maximum atomic E-state index is 6.30. The zero-order chi connectivity index (χ0) is 12.3. The summed E-state index contributed by atoms with van der Waals surface area (Å²) < 4.78 is 6.30. The largest absolute Gasteiger partial charge is 0.370 e. The van der Waals surface area contributed by atoms with Crippen LogP contribution in [0.1, 0.15) is 65.7 Å². The molecule has 1 spiro atoms. The van der Waals surface area contributed by atoms with Crippen LogP contribution in [0.2, 0.25) is 0 Å². The second kappa shape index (κ2) is 5.71. The highest BCUT2D eigenvalue weighted by molar-refractivity contribution is 4.93. The fraction of sp³-hybridized carbons (Fsp3) is 1.00. The van der Waals surface area contributed by atoms with Gasteiger partial charge in [-0.15, -0.1) is 0 Å². The molecule has 0 radical (unpaired) electrons. The quantitative estimate of drug-likeness (QED) is 0.793. The molecule has 17 heavy (non-hydrogen) atoms. The molecule has 0 aromatic heterocycles. The molecule has 2 heteroatoms. The van der Waals surface area contributed by atoms with Crippen LogP contribution in [0.15, 0.2) is 0 Å². The second-order valence-corrected chi connectivity index (χ2v) is 6.61. The summed E-state index contributed by atoms with van der Waals surface area (Å²) in [5.74, 6) is 0.781. The predicted octanol–water partition coefficient (Wildman–Crippen LogP) is 3.50. The summed E-state index contributed by atoms with van der Waals surface area (Å²) in [4.78, 5) is 0. The van der Waals surface area contributed by atoms with Crippen LogP contribution in [-0.2, 0) is 4.74 Å². The summed E-state index contributed by atoms with van der Waals surface area (Å²) in [5.41, 5.74) is 0.299. The molecule has 1 saturated carbocycles. The highest BCUT2D eigenvalue weighted by Gasteiger charge is 2.41. The van der Waals surface area contributed by atoms with Gasteiger partial charge in [-0.25, -0.2) is 0 Å². The molecule has 0 bridgehead atoms. The Hall–Kier alpha value is -0.0800. The highest BCUT2D eigenvalue weighted by atomic mass is 16.5. The van der Waals surface area contributed by atoms with Crippen LogP contribution in [0.3, 0.4) is 0 Å². The van der Waals surface area contributed by atoms with Gasteiger partial charge in [0.2, 0.25) is 0 Å². The lowest BCUT2D eigenvalue weighted by atomic mass is 9.98. The molecule has 2 unspecified atom stereocenters. The van der Waals surface area contributed by atoms with Crippen molar-refractivity contribution < 1.29 is 4.74 Å². The normalized spacial score (nSPS) is 29.3. The van der Waals surface area contributed by atoms with Gasteiger partial charge in [-0.3, -0.25) is 0 Å². The van der Waals surface area contributed by atoms with E-state index >= 15 is 0 Å². The highest BCUT2D eigenvalue weighted by Crippen LogP contribution is 2.43. The predicted molar refractivity (Wildman–Crippen MR) is 72.2 cm³/mol. The molecule has 2 rings (SSSR count). The molecule has 1 aliphatic carbocycles. The van der Waals surface area contributed by atoms with E-state index in [2.05, 4.69) is 26.1 Å². The molecule has 2 atom stereocenters. The fourth-order valence-corrected chi connectivity index (χ4v) is 3.55. The molecule has 1 saturated heterocycles. The monoisotopic (exact) mass is 239 g/mol. The van der Waals surface area contributed by atoms with Gasteiger partial charge >= 0.3 is 0 Å². The second-order valence-electron chi connectivity index (χ2n) is 6.61. The van der Waals surface area contributed by atoms with Crippen molar-refractivity contribution >= 4 is 0 Å². The molecule has 0 amide bonds. The Kier molecular flexibility index (Phi) is 4.48. The van der Waals surface area contributed by atoms with Crippen molar-refractivity contribution in [3.63, 3.8) is 0 Å². The number of hydrogen-bond donors (Lipinski definition) is 1. The van der Waals surface area contributed by atoms with Crippen molar-refractivity contribution in [3.05, 3.63) is 0 Å². The molecule has 1 heterocycles. The topological polar surface area (TPSA) is 21.3 Å². The maximum absolute atomic E-state index is 6.30. The Balaban J connectivity index is 1.67. The van der Waals surface area contributed by atoms with E-state index in [1.165, 1.54) is 44.9 Å². The Bertz CT molecular complexity index is 233. The van der Waals surface area contributed by atoms with Crippen molar-refractivity contribution in [2.45, 2.75) is 83.5 Å². The van der Waals surface area contributed by atoms with Crippen molar-refractivity contribution in [2.75, 3.05) is 6.54 Å². The summed E-state index contributed by atoms with van der Waals surface area (Å²) in [6.45, 7) is 7.92. The van der Waals surface area contributed by atoms with Gasteiger partial charge in [0, 0.05) is 12.6 Å². The van der Waals surface area contributed by atoms with Gasteiger partial charge in [0.25, 0.3) is 0 Å². The lowest BCUT2D eigenvalue weighted by molar-refractivity contribution is -0.0358. The van der Waals surface area contributed by atoms with Crippen LogP contribution in [0.5, 0.6) is 0 Å². The van der Waals surface area contributed by atoms with E-state index in [4.69, 9.17) is 4.74 Å². The van der Waals surface area contributed by atoms with Crippen molar-refractivity contribution in [3.8, 4) is 0 Å². The van der Waals surface area contributed by atoms with Gasteiger partial charge in [-0.05, 0) is 44.9 Å². The van der Waals surface area contributed by atoms with E-state index in [1.807, 2.05) is 0 Å². The van der Waals surface area contributed by atoms with Crippen LogP contribution in [0.25, 0.3) is 0 Å². The van der Waals surface area contributed by atoms with Gasteiger partial charge in [0.15, 0.2) is 0 Å². The molecule has 2 aliphatic rings. The number of nitrogens with one attached hydrogen (secondary N) is 1. The van der Waals surface area contributed by atoms with Gasteiger partial charge in [0.1, 0.15) is 0 Å². The van der Waals surface area contributed by atoms with Crippen molar-refractivity contribution in [1.82, 2.24) is 5.32 Å². The third kappa shape index (κ3) is 3.69. The Labute approximate surface area is 107 Å². The molecular weight excluding hydrogens is 210 g/mol. The zero-order valence-corrected chi connectivity index (χ0v) is 11.8. The van der Waals surface area contributed by atoms with Crippen LogP contribution in [-0.4, -0.2) is 24.3 Å². The standard InChI is InChI=1S/C15H29NO/c1-12(2)10-13(3)16-11-14-6-9-15(17-14)7-4-5-8-15/h12-14,16H,4-11H2,1-3H3. The SMILES string of the molecule is CC(C)CC(C)NCC1CCC2(CCCC2)O1. The third-order valence-electron chi connectivity index (χ3n) is 4.37. The third-order valence-corrected chi connectivity index (χ3v) is 4.37. The van der Waals surface area contributed by atoms with Crippen molar-refractivity contribution in [2.24, 2.45) is 5.92 Å². The fourth-order valence-electron chi connectivity index (χ4n) is 3.55. The van der Waals surface area contributed by atoms with Gasteiger partial charge in [-0.1, -0.05) is 26.7 Å². The molecule has 1 aliphatic heterocycles. The minimum absolute atomic E-state index is 0.299. The summed E-state index contributed by atoms with van der Waals surface area (Å²) in [6, 6.07) is 0.624. The molecular formula is C15H29NO. The average molecular weight is 239 g/mol. The Morgan fingerprint density at radius 1 is 1.18 bits per heavy atom. The average Bonchev–Trinajstić information content (AvgIpc) is 2.86. The van der Waals surface area contributed by atoms with E-state index in [0.29, 0.717) is 17.7 Å². The van der Waals surface area contributed by atoms with Gasteiger partial charge < -0.3 is 10.1 Å². The summed E-state index contributed by atoms with van der Waals surface area (Å²) >= 11 is 0. The first-order chi connectivity index (χ1) is 8.10. The van der Waals surface area contributed by atoms with Crippen LogP contribution >= 0.6 is 0 Å². The lowest BCUT2D eigenvalue weighted by Crippen LogP contribution is -2.36. The first-order valence-corrected chi connectivity index (χ1v) is 7.51. The first kappa shape index (κ1) is 13.4. The summed E-state index contributed by atoms with van der Waals surface area (Å²) in [5, 5.41) is 3.64. The van der Waals surface area contributed by atoms with Gasteiger partial charge in [-0.2, -0.15) is 0 Å². The number of ether oxygens (including phenoxy) is 1. The minimum atomic E-state index is 0.299. The molecule has 0 aromatic rings. The molecule has 100 valence electrons. The zero-order valence-electron chi connectivity index (χ0n) is 11.8.